The van der Waals surface area contributed by atoms with Crippen molar-refractivity contribution >= 4 is 7.12 Å². The molecule has 3 heterocycles. The maximum absolute atomic E-state index is 9.60. The summed E-state index contributed by atoms with van der Waals surface area (Å²) in [5, 5.41) is 9.60. The molecular weight excluding hydrogens is 319 g/mol. The molecule has 1 atom stereocenters. The smallest absolute Gasteiger partial charge is 0.454 e. The number of methoxy groups -OCH3 is 1. The molecule has 0 saturated carbocycles. The minimum atomic E-state index is -0.688. The monoisotopic (exact) mass is 342 g/mol. The summed E-state index contributed by atoms with van der Waals surface area (Å²) in [6, 6.07) is 4.04. The summed E-state index contributed by atoms with van der Waals surface area (Å²) in [6.07, 6.45) is 5.13. The molecule has 3 rings (SSSR count). The molecule has 0 unspecified atom stereocenters. The summed E-state index contributed by atoms with van der Waals surface area (Å²) >= 11 is 0. The van der Waals surface area contributed by atoms with E-state index in [9.17, 15) is 5.02 Å². The van der Waals surface area contributed by atoms with Crippen LogP contribution in [-0.2, 0) is 4.65 Å². The Kier molecular flexibility index (Phi) is 5.55. The average Bonchev–Trinajstić information content (AvgIpc) is 3.06. The van der Waals surface area contributed by atoms with Gasteiger partial charge in [0.25, 0.3) is 5.88 Å². The number of hydrogen-bond donors (Lipinski definition) is 1. The van der Waals surface area contributed by atoms with Crippen LogP contribution in [0.2, 0.25) is 6.32 Å². The Bertz CT molecular complexity index is 741. The molecule has 2 aromatic heterocycles. The number of pyridine rings is 2. The van der Waals surface area contributed by atoms with Gasteiger partial charge in [-0.05, 0) is 37.4 Å². The second-order valence-corrected chi connectivity index (χ2v) is 6.20. The highest BCUT2D eigenvalue weighted by Gasteiger charge is 2.30. The lowest BCUT2D eigenvalue weighted by Crippen LogP contribution is -2.07. The first-order valence-electron chi connectivity index (χ1n) is 8.55. The predicted octanol–water partition coefficient (Wildman–Crippen LogP) is 2.84. The van der Waals surface area contributed by atoms with Crippen LogP contribution in [0.25, 0.3) is 11.1 Å². The average molecular weight is 342 g/mol. The van der Waals surface area contributed by atoms with E-state index in [-0.39, 0.29) is 5.92 Å². The van der Waals surface area contributed by atoms with Crippen LogP contribution in [0.15, 0.2) is 24.5 Å². The maximum Gasteiger partial charge on any atom is 0.454 e. The van der Waals surface area contributed by atoms with Crippen LogP contribution >= 0.6 is 0 Å². The quantitative estimate of drug-likeness (QED) is 0.814. The molecule has 1 saturated heterocycles. The lowest BCUT2D eigenvalue weighted by atomic mass is 9.79. The first kappa shape index (κ1) is 17.7. The molecule has 0 aliphatic carbocycles. The predicted molar refractivity (Wildman–Crippen MR) is 96.0 cm³/mol. The van der Waals surface area contributed by atoms with Crippen LogP contribution in [0.5, 0.6) is 11.6 Å². The molecule has 7 heteroatoms. The van der Waals surface area contributed by atoms with Crippen molar-refractivity contribution in [3.05, 3.63) is 35.8 Å². The van der Waals surface area contributed by atoms with E-state index >= 15 is 0 Å². The molecule has 6 nitrogen and oxygen atoms in total. The second kappa shape index (κ2) is 7.84. The van der Waals surface area contributed by atoms with Crippen molar-refractivity contribution in [3.63, 3.8) is 0 Å². The molecule has 0 spiro atoms. The van der Waals surface area contributed by atoms with Crippen LogP contribution in [0, 0.1) is 6.92 Å². The molecule has 0 amide bonds. The van der Waals surface area contributed by atoms with Crippen LogP contribution < -0.4 is 9.47 Å². The summed E-state index contributed by atoms with van der Waals surface area (Å²) < 4.78 is 16.3. The minimum absolute atomic E-state index is 0.156. The molecule has 25 heavy (non-hydrogen) atoms. The van der Waals surface area contributed by atoms with Gasteiger partial charge < -0.3 is 19.2 Å². The number of rotatable bonds is 6. The molecule has 1 N–H and O–H groups in total. The Balaban J connectivity index is 1.95. The van der Waals surface area contributed by atoms with E-state index < -0.39 is 7.12 Å². The summed E-state index contributed by atoms with van der Waals surface area (Å²) in [5.41, 5.74) is 3.90. The standard InChI is InChI=1S/C18H23BN2O4/c1-4-5-24-17-7-14(10-21-18(17)23-3)16-6-13(9-20-12(16)2)15-8-19(22)25-11-15/h6-7,9-10,15,22H,4-5,8,11H2,1-3H3/t15-/m0/s1. The van der Waals surface area contributed by atoms with Crippen LogP contribution in [-0.4, -0.2) is 42.4 Å². The van der Waals surface area contributed by atoms with E-state index in [1.165, 1.54) is 0 Å². The van der Waals surface area contributed by atoms with E-state index in [1.54, 1.807) is 13.3 Å². The zero-order chi connectivity index (χ0) is 17.8. The molecule has 1 fully saturated rings. The second-order valence-electron chi connectivity index (χ2n) is 6.20. The van der Waals surface area contributed by atoms with Gasteiger partial charge in [0.2, 0.25) is 0 Å². The van der Waals surface area contributed by atoms with Gasteiger partial charge in [0, 0.05) is 41.7 Å². The van der Waals surface area contributed by atoms with Gasteiger partial charge in [-0.2, -0.15) is 0 Å². The number of nitrogens with zero attached hydrogens (tertiary/aromatic N) is 2. The van der Waals surface area contributed by atoms with E-state index in [4.69, 9.17) is 14.1 Å². The third-order valence-electron chi connectivity index (χ3n) is 4.34. The van der Waals surface area contributed by atoms with E-state index in [2.05, 4.69) is 23.0 Å². The normalized spacial score (nSPS) is 17.0. The molecule has 1 aliphatic heterocycles. The minimum Gasteiger partial charge on any atom is -0.488 e. The molecule has 2 aromatic rings. The third-order valence-corrected chi connectivity index (χ3v) is 4.34. The van der Waals surface area contributed by atoms with Crippen LogP contribution in [0.4, 0.5) is 0 Å². The summed E-state index contributed by atoms with van der Waals surface area (Å²) in [4.78, 5) is 8.89. The maximum atomic E-state index is 9.60. The zero-order valence-corrected chi connectivity index (χ0v) is 14.9. The highest BCUT2D eigenvalue weighted by molar-refractivity contribution is 6.43. The fourth-order valence-corrected chi connectivity index (χ4v) is 2.95. The summed E-state index contributed by atoms with van der Waals surface area (Å²) in [5.74, 6) is 1.27. The Hall–Kier alpha value is -2.12. The van der Waals surface area contributed by atoms with Crippen molar-refractivity contribution < 1.29 is 19.2 Å². The molecule has 1 aliphatic rings. The molecule has 0 radical (unpaired) electrons. The first-order valence-corrected chi connectivity index (χ1v) is 8.55. The topological polar surface area (TPSA) is 73.7 Å². The van der Waals surface area contributed by atoms with Gasteiger partial charge in [-0.15, -0.1) is 0 Å². The Labute approximate surface area is 148 Å². The van der Waals surface area contributed by atoms with Gasteiger partial charge in [-0.1, -0.05) is 6.92 Å². The Morgan fingerprint density at radius 3 is 2.84 bits per heavy atom. The van der Waals surface area contributed by atoms with E-state index in [0.29, 0.717) is 31.2 Å². The molecule has 132 valence electrons. The number of aromatic nitrogens is 2. The van der Waals surface area contributed by atoms with Gasteiger partial charge in [0.05, 0.1) is 13.7 Å². The lowest BCUT2D eigenvalue weighted by Gasteiger charge is -2.14. The Morgan fingerprint density at radius 2 is 2.16 bits per heavy atom. The summed E-state index contributed by atoms with van der Waals surface area (Å²) in [7, 11) is 0.895. The number of hydrogen-bond acceptors (Lipinski definition) is 6. The van der Waals surface area contributed by atoms with Gasteiger partial charge >= 0.3 is 7.12 Å². The van der Waals surface area contributed by atoms with Gasteiger partial charge in [0.1, 0.15) is 0 Å². The zero-order valence-electron chi connectivity index (χ0n) is 14.9. The third kappa shape index (κ3) is 3.94. The van der Waals surface area contributed by atoms with E-state index in [1.807, 2.05) is 19.2 Å². The van der Waals surface area contributed by atoms with Gasteiger partial charge in [0.15, 0.2) is 5.75 Å². The van der Waals surface area contributed by atoms with Crippen molar-refractivity contribution in [2.75, 3.05) is 20.3 Å². The fraction of sp³-hybridized carbons (Fsp3) is 0.444. The number of ether oxygens (including phenoxy) is 2. The highest BCUT2D eigenvalue weighted by Crippen LogP contribution is 2.34. The van der Waals surface area contributed by atoms with Crippen LogP contribution in [0.3, 0.4) is 0 Å². The van der Waals surface area contributed by atoms with E-state index in [0.717, 1.165) is 28.8 Å². The fourth-order valence-electron chi connectivity index (χ4n) is 2.95. The van der Waals surface area contributed by atoms with Crippen molar-refractivity contribution in [1.29, 1.82) is 0 Å². The van der Waals surface area contributed by atoms with Crippen LogP contribution in [0.1, 0.15) is 30.5 Å². The SMILES string of the molecule is CCCOc1cc(-c2cc([C@@H]3COB(O)C3)cnc2C)cnc1OC. The Morgan fingerprint density at radius 1 is 1.32 bits per heavy atom. The van der Waals surface area contributed by atoms with Crippen molar-refractivity contribution in [1.82, 2.24) is 9.97 Å². The van der Waals surface area contributed by atoms with Gasteiger partial charge in [-0.25, -0.2) is 4.98 Å². The van der Waals surface area contributed by atoms with Crippen molar-refractivity contribution in [2.45, 2.75) is 32.5 Å². The van der Waals surface area contributed by atoms with Crippen molar-refractivity contribution in [2.24, 2.45) is 0 Å². The number of aryl methyl sites for hydroxylation is 1. The van der Waals surface area contributed by atoms with Gasteiger partial charge in [-0.3, -0.25) is 4.98 Å². The van der Waals surface area contributed by atoms with Crippen molar-refractivity contribution in [3.8, 4) is 22.8 Å². The molecule has 0 bridgehead atoms. The molecule has 0 aromatic carbocycles. The molecular formula is C18H23BN2O4. The first-order chi connectivity index (χ1) is 12.1. The lowest BCUT2D eigenvalue weighted by molar-refractivity contribution is 0.289. The largest absolute Gasteiger partial charge is 0.488 e. The highest BCUT2D eigenvalue weighted by atomic mass is 16.5. The summed E-state index contributed by atoms with van der Waals surface area (Å²) in [6.45, 7) is 5.14.